The summed E-state index contributed by atoms with van der Waals surface area (Å²) in [5.41, 5.74) is 2.15. The van der Waals surface area contributed by atoms with Crippen LogP contribution in [0.2, 0.25) is 10.0 Å². The van der Waals surface area contributed by atoms with Gasteiger partial charge < -0.3 is 14.2 Å². The van der Waals surface area contributed by atoms with Crippen LogP contribution in [0.5, 0.6) is 11.5 Å². The highest BCUT2D eigenvalue weighted by Crippen LogP contribution is 2.42. The summed E-state index contributed by atoms with van der Waals surface area (Å²) >= 11 is 13.9. The lowest BCUT2D eigenvalue weighted by atomic mass is 9.92. The summed E-state index contributed by atoms with van der Waals surface area (Å²) in [6.07, 6.45) is 2.43. The van der Waals surface area contributed by atoms with Gasteiger partial charge in [-0.1, -0.05) is 96.1 Å². The average molecular weight is 624 g/mol. The fourth-order valence-electron chi connectivity index (χ4n) is 4.78. The first-order valence-corrected chi connectivity index (χ1v) is 15.0. The molecule has 5 rings (SSSR count). The zero-order valence-corrected chi connectivity index (χ0v) is 25.6. The molecule has 0 radical (unpaired) electrons. The fourth-order valence-corrected chi connectivity index (χ4v) is 6.13. The van der Waals surface area contributed by atoms with Crippen molar-refractivity contribution in [1.82, 2.24) is 4.57 Å². The number of hydrogen-bond donors (Lipinski definition) is 0. The van der Waals surface area contributed by atoms with Gasteiger partial charge in [-0.15, -0.1) is 0 Å². The first-order chi connectivity index (χ1) is 20.4. The van der Waals surface area contributed by atoms with E-state index in [1.165, 1.54) is 15.9 Å². The minimum Gasteiger partial charge on any atom is -0.493 e. The maximum atomic E-state index is 14.2. The van der Waals surface area contributed by atoms with Crippen LogP contribution >= 0.6 is 34.5 Å². The minimum absolute atomic E-state index is 0.145. The molecular formula is C32H28Cl2N2O5S. The van der Waals surface area contributed by atoms with Gasteiger partial charge in [-0.25, -0.2) is 9.79 Å². The smallest absolute Gasteiger partial charge is 0.338 e. The van der Waals surface area contributed by atoms with Crippen molar-refractivity contribution < 1.29 is 19.0 Å². The van der Waals surface area contributed by atoms with Crippen molar-refractivity contribution in [1.29, 1.82) is 0 Å². The fraction of sp³-hybridized carbons (Fsp3) is 0.219. The molecule has 7 nitrogen and oxygen atoms in total. The second kappa shape index (κ2) is 13.0. The molecule has 0 bridgehead atoms. The summed E-state index contributed by atoms with van der Waals surface area (Å²) in [7, 11) is 1.55. The van der Waals surface area contributed by atoms with E-state index in [4.69, 9.17) is 42.4 Å². The Morgan fingerprint density at radius 1 is 1.05 bits per heavy atom. The molecule has 1 aliphatic rings. The lowest BCUT2D eigenvalue weighted by molar-refractivity contribution is -0.138. The lowest BCUT2D eigenvalue weighted by Crippen LogP contribution is -2.40. The summed E-state index contributed by atoms with van der Waals surface area (Å²) < 4.78 is 19.3. The number of halogens is 2. The Balaban J connectivity index is 1.88. The van der Waals surface area contributed by atoms with Crippen molar-refractivity contribution >= 4 is 52.3 Å². The predicted molar refractivity (Wildman–Crippen MR) is 166 cm³/mol. The number of rotatable bonds is 9. The maximum absolute atomic E-state index is 14.2. The van der Waals surface area contributed by atoms with Gasteiger partial charge in [0, 0.05) is 11.1 Å². The van der Waals surface area contributed by atoms with E-state index in [0.717, 1.165) is 6.42 Å². The highest BCUT2D eigenvalue weighted by molar-refractivity contribution is 7.07. The van der Waals surface area contributed by atoms with Crippen molar-refractivity contribution in [3.8, 4) is 11.5 Å². The van der Waals surface area contributed by atoms with Gasteiger partial charge in [0.25, 0.3) is 5.56 Å². The number of benzene rings is 3. The molecule has 2 heterocycles. The number of thiazole rings is 1. The first-order valence-electron chi connectivity index (χ1n) is 13.4. The second-order valence-corrected chi connectivity index (χ2v) is 11.1. The van der Waals surface area contributed by atoms with Crippen LogP contribution in [0.3, 0.4) is 0 Å². The van der Waals surface area contributed by atoms with E-state index in [1.54, 1.807) is 50.4 Å². The van der Waals surface area contributed by atoms with Crippen molar-refractivity contribution in [2.24, 2.45) is 4.99 Å². The molecule has 0 unspecified atom stereocenters. The van der Waals surface area contributed by atoms with Crippen molar-refractivity contribution in [3.63, 3.8) is 0 Å². The minimum atomic E-state index is -0.922. The molecule has 1 aromatic heterocycles. The van der Waals surface area contributed by atoms with Gasteiger partial charge >= 0.3 is 5.97 Å². The Morgan fingerprint density at radius 2 is 1.81 bits per heavy atom. The van der Waals surface area contributed by atoms with E-state index in [-0.39, 0.29) is 17.7 Å². The quantitative estimate of drug-likeness (QED) is 0.213. The third-order valence-electron chi connectivity index (χ3n) is 6.62. The summed E-state index contributed by atoms with van der Waals surface area (Å²) in [6, 6.07) is 19.1. The molecule has 0 saturated heterocycles. The van der Waals surface area contributed by atoms with Crippen LogP contribution in [-0.4, -0.2) is 30.9 Å². The third-order valence-corrected chi connectivity index (χ3v) is 8.43. The van der Waals surface area contributed by atoms with E-state index >= 15 is 0 Å². The first kappa shape index (κ1) is 29.6. The molecular weight excluding hydrogens is 595 g/mol. The van der Waals surface area contributed by atoms with Gasteiger partial charge in [0.05, 0.1) is 46.2 Å². The number of aromatic nitrogens is 1. The number of esters is 1. The van der Waals surface area contributed by atoms with Crippen LogP contribution < -0.4 is 24.4 Å². The number of carbonyl (C=O) groups is 1. The number of hydrogen-bond acceptors (Lipinski definition) is 7. The molecule has 0 spiro atoms. The molecule has 0 aliphatic carbocycles. The van der Waals surface area contributed by atoms with Gasteiger partial charge in [-0.3, -0.25) is 9.36 Å². The van der Waals surface area contributed by atoms with Crippen LogP contribution in [0.25, 0.3) is 11.8 Å². The molecule has 0 saturated carbocycles. The normalized spacial score (nSPS) is 14.8. The van der Waals surface area contributed by atoms with Crippen molar-refractivity contribution in [3.05, 3.63) is 119 Å². The molecule has 0 N–H and O–H groups in total. The number of ether oxygens (including phenoxy) is 3. The zero-order valence-electron chi connectivity index (χ0n) is 23.2. The van der Waals surface area contributed by atoms with Crippen LogP contribution in [0, 0.1) is 0 Å². The largest absolute Gasteiger partial charge is 0.493 e. The van der Waals surface area contributed by atoms with E-state index < -0.39 is 12.0 Å². The molecule has 10 heteroatoms. The lowest BCUT2D eigenvalue weighted by Gasteiger charge is -2.27. The molecule has 1 atom stereocenters. The van der Waals surface area contributed by atoms with E-state index in [0.29, 0.717) is 59.9 Å². The topological polar surface area (TPSA) is 79.1 Å². The van der Waals surface area contributed by atoms with Gasteiger partial charge in [-0.2, -0.15) is 0 Å². The monoisotopic (exact) mass is 622 g/mol. The second-order valence-electron chi connectivity index (χ2n) is 9.30. The molecule has 0 amide bonds. The molecule has 1 aliphatic heterocycles. The van der Waals surface area contributed by atoms with Gasteiger partial charge in [0.1, 0.15) is 6.04 Å². The van der Waals surface area contributed by atoms with Crippen LogP contribution in [0.4, 0.5) is 0 Å². The molecule has 0 fully saturated rings. The number of carbonyl (C=O) groups excluding carboxylic acids is 1. The Morgan fingerprint density at radius 3 is 2.52 bits per heavy atom. The van der Waals surface area contributed by atoms with E-state index in [1.807, 2.05) is 43.3 Å². The standard InChI is InChI=1S/C32H28Cl2N2O5S/c1-4-17-41-29-21(14-10-16-23(29)39-3)28-25(31(38)40-5-2)27(19-11-7-6-8-12-19)35-32-36(28)30(37)24(42-32)18-20-13-9-15-22(33)26(20)34/h6-16,18,28H,4-5,17H2,1-3H3/t28-/m1/s1. The molecule has 42 heavy (non-hydrogen) atoms. The number of nitrogens with zero attached hydrogens (tertiary/aromatic N) is 2. The van der Waals surface area contributed by atoms with Gasteiger partial charge in [0.15, 0.2) is 16.3 Å². The summed E-state index contributed by atoms with van der Waals surface area (Å²) in [5, 5.41) is 0.711. The van der Waals surface area contributed by atoms with Gasteiger partial charge in [0.2, 0.25) is 0 Å². The molecule has 4 aromatic rings. The van der Waals surface area contributed by atoms with Crippen molar-refractivity contribution in [2.75, 3.05) is 20.3 Å². The van der Waals surface area contributed by atoms with Crippen molar-refractivity contribution in [2.45, 2.75) is 26.3 Å². The predicted octanol–water partition coefficient (Wildman–Crippen LogP) is 6.04. The maximum Gasteiger partial charge on any atom is 0.338 e. The van der Waals surface area contributed by atoms with E-state index in [2.05, 4.69) is 0 Å². The van der Waals surface area contributed by atoms with Crippen LogP contribution in [0.15, 0.2) is 82.1 Å². The third kappa shape index (κ3) is 5.62. The Labute approximate surface area is 256 Å². The van der Waals surface area contributed by atoms with E-state index in [9.17, 15) is 9.59 Å². The highest BCUT2D eigenvalue weighted by atomic mass is 35.5. The Hall–Kier alpha value is -3.85. The number of fused-ring (bicyclic) bond motifs is 1. The SMILES string of the molecule is CCCOc1c(OC)cccc1[C@@H]1C(C(=O)OCC)=C(c2ccccc2)N=c2sc(=Cc3cccc(Cl)c3Cl)c(=O)n21. The Kier molecular flexibility index (Phi) is 9.16. The van der Waals surface area contributed by atoms with Gasteiger partial charge in [-0.05, 0) is 37.1 Å². The highest BCUT2D eigenvalue weighted by Gasteiger charge is 2.37. The Bertz CT molecular complexity index is 1850. The summed E-state index contributed by atoms with van der Waals surface area (Å²) in [4.78, 5) is 33.3. The van der Waals surface area contributed by atoms with Crippen LogP contribution in [0.1, 0.15) is 43.0 Å². The average Bonchev–Trinajstić information content (AvgIpc) is 3.32. The molecule has 3 aromatic carbocycles. The van der Waals surface area contributed by atoms with Crippen LogP contribution in [-0.2, 0) is 9.53 Å². The molecule has 216 valence electrons. The zero-order chi connectivity index (χ0) is 29.8. The number of para-hydroxylation sites is 1. The summed E-state index contributed by atoms with van der Waals surface area (Å²) in [6.45, 7) is 4.29. The number of methoxy groups -OCH3 is 1. The summed E-state index contributed by atoms with van der Waals surface area (Å²) in [5.74, 6) is 0.340.